The Morgan fingerprint density at radius 2 is 2.00 bits per heavy atom. The summed E-state index contributed by atoms with van der Waals surface area (Å²) < 4.78 is 27.1. The van der Waals surface area contributed by atoms with Gasteiger partial charge in [-0.3, -0.25) is 4.79 Å². The summed E-state index contributed by atoms with van der Waals surface area (Å²) in [6, 6.07) is 2.33. The van der Waals surface area contributed by atoms with Gasteiger partial charge in [0.2, 0.25) is 5.91 Å². The van der Waals surface area contributed by atoms with Crippen LogP contribution < -0.4 is 4.90 Å². The fourth-order valence-electron chi connectivity index (χ4n) is 1.79. The zero-order valence-electron chi connectivity index (χ0n) is 11.3. The van der Waals surface area contributed by atoms with Crippen LogP contribution in [-0.4, -0.2) is 12.5 Å². The second kappa shape index (κ2) is 6.85. The molecule has 1 amide bonds. The van der Waals surface area contributed by atoms with Crippen LogP contribution in [0.2, 0.25) is 5.02 Å². The van der Waals surface area contributed by atoms with Gasteiger partial charge in [-0.25, -0.2) is 8.78 Å². The van der Waals surface area contributed by atoms with Crippen molar-refractivity contribution in [3.8, 4) is 0 Å². The molecule has 5 heteroatoms. The molecule has 0 aliphatic rings. The number of hydrogen-bond acceptors (Lipinski definition) is 1. The Balaban J connectivity index is 3.12. The van der Waals surface area contributed by atoms with Gasteiger partial charge in [0, 0.05) is 13.0 Å². The molecule has 0 saturated heterocycles. The molecule has 0 atom stereocenters. The van der Waals surface area contributed by atoms with Crippen molar-refractivity contribution in [2.24, 2.45) is 5.92 Å². The first-order chi connectivity index (χ1) is 8.88. The lowest BCUT2D eigenvalue weighted by Crippen LogP contribution is -2.33. The summed E-state index contributed by atoms with van der Waals surface area (Å²) in [7, 11) is 0. The molecule has 0 aliphatic carbocycles. The van der Waals surface area contributed by atoms with Gasteiger partial charge < -0.3 is 4.90 Å². The van der Waals surface area contributed by atoms with E-state index in [1.54, 1.807) is 0 Å². The van der Waals surface area contributed by atoms with Crippen LogP contribution >= 0.6 is 11.6 Å². The molecule has 0 aromatic heterocycles. The first kappa shape index (κ1) is 15.9. The fourth-order valence-corrected chi connectivity index (χ4v) is 1.95. The number of amides is 1. The Bertz CT molecular complexity index is 463. The maximum absolute atomic E-state index is 14.0. The SMILES string of the molecule is CCCN(C(=O)CC(C)C)c1ccc(F)c(Cl)c1F. The van der Waals surface area contributed by atoms with Gasteiger partial charge >= 0.3 is 0 Å². The van der Waals surface area contributed by atoms with E-state index in [0.717, 1.165) is 6.07 Å². The lowest BCUT2D eigenvalue weighted by molar-refractivity contribution is -0.119. The number of carbonyl (C=O) groups excluding carboxylic acids is 1. The molecule has 0 spiro atoms. The molecule has 1 rings (SSSR count). The summed E-state index contributed by atoms with van der Waals surface area (Å²) in [4.78, 5) is 13.4. The first-order valence-corrected chi connectivity index (χ1v) is 6.70. The number of nitrogens with zero attached hydrogens (tertiary/aromatic N) is 1. The predicted octanol–water partition coefficient (Wildman–Crippen LogP) is 4.41. The summed E-state index contributed by atoms with van der Waals surface area (Å²) in [5.41, 5.74) is 0.0406. The maximum Gasteiger partial charge on any atom is 0.227 e. The lowest BCUT2D eigenvalue weighted by atomic mass is 10.1. The minimum Gasteiger partial charge on any atom is -0.310 e. The minimum atomic E-state index is -0.882. The van der Waals surface area contributed by atoms with E-state index in [-0.39, 0.29) is 17.5 Å². The quantitative estimate of drug-likeness (QED) is 0.735. The third kappa shape index (κ3) is 3.90. The number of carbonyl (C=O) groups is 1. The summed E-state index contributed by atoms with van der Waals surface area (Å²) in [6.45, 7) is 6.09. The third-order valence-corrected chi connectivity index (χ3v) is 2.98. The van der Waals surface area contributed by atoms with Crippen molar-refractivity contribution in [2.45, 2.75) is 33.6 Å². The van der Waals surface area contributed by atoms with Gasteiger partial charge in [0.1, 0.15) is 10.8 Å². The zero-order valence-corrected chi connectivity index (χ0v) is 12.1. The van der Waals surface area contributed by atoms with Gasteiger partial charge in [-0.2, -0.15) is 0 Å². The van der Waals surface area contributed by atoms with E-state index < -0.39 is 16.7 Å². The molecular weight excluding hydrogens is 272 g/mol. The highest BCUT2D eigenvalue weighted by molar-refractivity contribution is 6.31. The van der Waals surface area contributed by atoms with E-state index in [1.807, 2.05) is 20.8 Å². The molecule has 0 saturated carbocycles. The topological polar surface area (TPSA) is 20.3 Å². The molecule has 106 valence electrons. The molecular formula is C14H18ClF2NO. The van der Waals surface area contributed by atoms with E-state index in [2.05, 4.69) is 0 Å². The second-order valence-corrected chi connectivity index (χ2v) is 5.22. The Morgan fingerprint density at radius 3 is 2.53 bits per heavy atom. The molecule has 1 aromatic carbocycles. The van der Waals surface area contributed by atoms with Gasteiger partial charge in [-0.1, -0.05) is 32.4 Å². The summed E-state index contributed by atoms with van der Waals surface area (Å²) in [5.74, 6) is -1.72. The molecule has 0 aliphatic heterocycles. The first-order valence-electron chi connectivity index (χ1n) is 6.32. The molecule has 0 heterocycles. The van der Waals surface area contributed by atoms with Crippen molar-refractivity contribution >= 4 is 23.2 Å². The number of hydrogen-bond donors (Lipinski definition) is 0. The monoisotopic (exact) mass is 289 g/mol. The van der Waals surface area contributed by atoms with Crippen LogP contribution in [0.15, 0.2) is 12.1 Å². The highest BCUT2D eigenvalue weighted by atomic mass is 35.5. The third-order valence-electron chi connectivity index (χ3n) is 2.64. The van der Waals surface area contributed by atoms with Crippen LogP contribution in [-0.2, 0) is 4.79 Å². The van der Waals surface area contributed by atoms with Crippen LogP contribution in [0.25, 0.3) is 0 Å². The maximum atomic E-state index is 14.0. The number of halogens is 3. The summed E-state index contributed by atoms with van der Waals surface area (Å²) in [5, 5.41) is -0.573. The molecule has 0 unspecified atom stereocenters. The number of benzene rings is 1. The van der Waals surface area contributed by atoms with E-state index in [4.69, 9.17) is 11.6 Å². The van der Waals surface area contributed by atoms with Gasteiger partial charge in [0.15, 0.2) is 5.82 Å². The lowest BCUT2D eigenvalue weighted by Gasteiger charge is -2.24. The Labute approximate surface area is 117 Å². The molecule has 1 aromatic rings. The Hall–Kier alpha value is -1.16. The van der Waals surface area contributed by atoms with Crippen molar-refractivity contribution in [2.75, 3.05) is 11.4 Å². The highest BCUT2D eigenvalue weighted by Gasteiger charge is 2.22. The minimum absolute atomic E-state index is 0.0406. The van der Waals surface area contributed by atoms with Gasteiger partial charge in [-0.15, -0.1) is 0 Å². The molecule has 0 bridgehead atoms. The average Bonchev–Trinajstić information content (AvgIpc) is 2.33. The Kier molecular flexibility index (Phi) is 5.73. The van der Waals surface area contributed by atoms with Gasteiger partial charge in [0.25, 0.3) is 0 Å². The molecule has 0 N–H and O–H groups in total. The normalized spacial score (nSPS) is 10.9. The summed E-state index contributed by atoms with van der Waals surface area (Å²) >= 11 is 5.55. The van der Waals surface area contributed by atoms with Crippen molar-refractivity contribution in [3.63, 3.8) is 0 Å². The van der Waals surface area contributed by atoms with Crippen LogP contribution in [0.1, 0.15) is 33.6 Å². The molecule has 0 fully saturated rings. The van der Waals surface area contributed by atoms with E-state index >= 15 is 0 Å². The second-order valence-electron chi connectivity index (χ2n) is 4.84. The molecule has 2 nitrogen and oxygen atoms in total. The zero-order chi connectivity index (χ0) is 14.6. The molecule has 0 radical (unpaired) electrons. The van der Waals surface area contributed by atoms with E-state index in [9.17, 15) is 13.6 Å². The van der Waals surface area contributed by atoms with Crippen molar-refractivity contribution in [3.05, 3.63) is 28.8 Å². The predicted molar refractivity (Wildman–Crippen MR) is 73.5 cm³/mol. The van der Waals surface area contributed by atoms with Crippen LogP contribution in [0.3, 0.4) is 0 Å². The number of anilines is 1. The van der Waals surface area contributed by atoms with Crippen molar-refractivity contribution in [1.82, 2.24) is 0 Å². The van der Waals surface area contributed by atoms with Crippen LogP contribution in [0.4, 0.5) is 14.5 Å². The molecule has 19 heavy (non-hydrogen) atoms. The smallest absolute Gasteiger partial charge is 0.227 e. The van der Waals surface area contributed by atoms with Crippen molar-refractivity contribution in [1.29, 1.82) is 0 Å². The van der Waals surface area contributed by atoms with Gasteiger partial charge in [0.05, 0.1) is 5.69 Å². The van der Waals surface area contributed by atoms with Crippen molar-refractivity contribution < 1.29 is 13.6 Å². The standard InChI is InChI=1S/C14H18ClF2NO/c1-4-7-18(12(19)8-9(2)3)11-6-5-10(16)13(15)14(11)17/h5-6,9H,4,7-8H2,1-3H3. The summed E-state index contributed by atoms with van der Waals surface area (Å²) in [6.07, 6.45) is 0.993. The van der Waals surface area contributed by atoms with Gasteiger partial charge in [-0.05, 0) is 24.5 Å². The number of rotatable bonds is 5. The highest BCUT2D eigenvalue weighted by Crippen LogP contribution is 2.29. The van der Waals surface area contributed by atoms with E-state index in [0.29, 0.717) is 19.4 Å². The van der Waals surface area contributed by atoms with Crippen LogP contribution in [0.5, 0.6) is 0 Å². The van der Waals surface area contributed by atoms with E-state index in [1.165, 1.54) is 11.0 Å². The fraction of sp³-hybridized carbons (Fsp3) is 0.500. The average molecular weight is 290 g/mol. The largest absolute Gasteiger partial charge is 0.310 e. The van der Waals surface area contributed by atoms with Crippen LogP contribution in [0, 0.1) is 17.6 Å². The Morgan fingerprint density at radius 1 is 1.37 bits per heavy atom.